The Balaban J connectivity index is 2.06. The molecule has 0 aromatic heterocycles. The summed E-state index contributed by atoms with van der Waals surface area (Å²) < 4.78 is 27.3. The van der Waals surface area contributed by atoms with Gasteiger partial charge in [-0.3, -0.25) is 9.59 Å². The zero-order valence-electron chi connectivity index (χ0n) is 14.6. The van der Waals surface area contributed by atoms with Crippen molar-refractivity contribution in [1.82, 2.24) is 4.90 Å². The monoisotopic (exact) mass is 353 g/mol. The van der Waals surface area contributed by atoms with Gasteiger partial charge in [0.25, 0.3) is 0 Å². The molecule has 2 amide bonds. The van der Waals surface area contributed by atoms with Crippen molar-refractivity contribution in [2.75, 3.05) is 18.4 Å². The molecule has 2 rings (SSSR count). The van der Waals surface area contributed by atoms with Gasteiger partial charge in [-0.1, -0.05) is 18.9 Å². The third kappa shape index (κ3) is 4.54. The van der Waals surface area contributed by atoms with Crippen LogP contribution in [0, 0.1) is 17.6 Å². The molecule has 0 radical (unpaired) electrons. The van der Waals surface area contributed by atoms with Crippen LogP contribution in [0.4, 0.5) is 14.5 Å². The zero-order chi connectivity index (χ0) is 18.6. The maximum Gasteiger partial charge on any atom is 0.244 e. The Labute approximate surface area is 146 Å². The predicted molar refractivity (Wildman–Crippen MR) is 91.8 cm³/mol. The van der Waals surface area contributed by atoms with Gasteiger partial charge in [-0.05, 0) is 38.8 Å². The Kier molecular flexibility index (Phi) is 6.11. The highest BCUT2D eigenvalue weighted by atomic mass is 19.1. The van der Waals surface area contributed by atoms with E-state index in [-0.39, 0.29) is 18.4 Å². The summed E-state index contributed by atoms with van der Waals surface area (Å²) in [5.74, 6) is -2.89. The van der Waals surface area contributed by atoms with Crippen molar-refractivity contribution in [2.45, 2.75) is 45.1 Å². The van der Waals surface area contributed by atoms with E-state index in [9.17, 15) is 18.4 Å². The Morgan fingerprint density at radius 2 is 1.96 bits per heavy atom. The van der Waals surface area contributed by atoms with E-state index in [1.165, 1.54) is 11.0 Å². The maximum atomic E-state index is 13.6. The summed E-state index contributed by atoms with van der Waals surface area (Å²) in [6.45, 7) is 3.66. The Morgan fingerprint density at radius 1 is 1.32 bits per heavy atom. The highest BCUT2D eigenvalue weighted by Crippen LogP contribution is 2.33. The fourth-order valence-electron chi connectivity index (χ4n) is 3.30. The molecule has 1 aromatic rings. The van der Waals surface area contributed by atoms with Crippen molar-refractivity contribution >= 4 is 17.5 Å². The summed E-state index contributed by atoms with van der Waals surface area (Å²) in [5, 5.41) is 2.21. The summed E-state index contributed by atoms with van der Waals surface area (Å²) in [4.78, 5) is 26.3. The second kappa shape index (κ2) is 7.91. The summed E-state index contributed by atoms with van der Waals surface area (Å²) in [7, 11) is 0. The minimum Gasteiger partial charge on any atom is -0.333 e. The summed E-state index contributed by atoms with van der Waals surface area (Å²) in [6, 6.07) is 3.33. The van der Waals surface area contributed by atoms with Crippen LogP contribution in [0.25, 0.3) is 0 Å². The lowest BCUT2D eigenvalue weighted by atomic mass is 9.74. The second-order valence-electron chi connectivity index (χ2n) is 6.80. The van der Waals surface area contributed by atoms with E-state index < -0.39 is 28.8 Å². The van der Waals surface area contributed by atoms with Gasteiger partial charge in [-0.2, -0.15) is 0 Å². The number of rotatable bonds is 5. The van der Waals surface area contributed by atoms with Crippen LogP contribution < -0.4 is 11.1 Å². The molecule has 1 fully saturated rings. The number of hydrogen-bond acceptors (Lipinski definition) is 3. The summed E-state index contributed by atoms with van der Waals surface area (Å²) in [6.07, 6.45) is 3.35. The molecule has 1 aliphatic carbocycles. The molecule has 5 nitrogen and oxygen atoms in total. The van der Waals surface area contributed by atoms with Gasteiger partial charge in [-0.25, -0.2) is 8.78 Å². The lowest BCUT2D eigenvalue weighted by Crippen LogP contribution is -2.54. The summed E-state index contributed by atoms with van der Waals surface area (Å²) >= 11 is 0. The molecule has 25 heavy (non-hydrogen) atoms. The predicted octanol–water partition coefficient (Wildman–Crippen LogP) is 2.66. The second-order valence-corrected chi connectivity index (χ2v) is 6.80. The van der Waals surface area contributed by atoms with Crippen LogP contribution in [-0.2, 0) is 9.59 Å². The van der Waals surface area contributed by atoms with Gasteiger partial charge >= 0.3 is 0 Å². The molecule has 1 aliphatic rings. The quantitative estimate of drug-likeness (QED) is 0.854. The Morgan fingerprint density at radius 3 is 2.52 bits per heavy atom. The normalized spacial score (nSPS) is 23.2. The molecule has 0 saturated heterocycles. The number of likely N-dealkylation sites (N-methyl/N-ethyl adjacent to an activating group) is 1. The molecule has 7 heteroatoms. The number of nitrogens with two attached hydrogens (primary N) is 1. The zero-order valence-corrected chi connectivity index (χ0v) is 14.6. The number of carbonyl (C=O) groups is 2. The van der Waals surface area contributed by atoms with Crippen LogP contribution in [0.2, 0.25) is 0 Å². The molecular formula is C18H25F2N3O2. The molecule has 0 spiro atoms. The molecule has 0 heterocycles. The van der Waals surface area contributed by atoms with E-state index in [4.69, 9.17) is 5.73 Å². The van der Waals surface area contributed by atoms with Crippen molar-refractivity contribution in [3.8, 4) is 0 Å². The van der Waals surface area contributed by atoms with Crippen molar-refractivity contribution in [2.24, 2.45) is 11.7 Å². The van der Waals surface area contributed by atoms with Crippen LogP contribution in [0.5, 0.6) is 0 Å². The third-order valence-corrected chi connectivity index (χ3v) is 4.81. The fraction of sp³-hybridized carbons (Fsp3) is 0.556. The van der Waals surface area contributed by atoms with Gasteiger partial charge in [0.2, 0.25) is 11.8 Å². The molecular weight excluding hydrogens is 328 g/mol. The van der Waals surface area contributed by atoms with E-state index in [1.54, 1.807) is 6.92 Å². The average Bonchev–Trinajstić information content (AvgIpc) is 2.55. The van der Waals surface area contributed by atoms with Crippen LogP contribution in [0.3, 0.4) is 0 Å². The number of nitrogens with zero attached hydrogens (tertiary/aromatic N) is 1. The van der Waals surface area contributed by atoms with E-state index in [2.05, 4.69) is 5.32 Å². The van der Waals surface area contributed by atoms with Crippen LogP contribution in [-0.4, -0.2) is 35.3 Å². The van der Waals surface area contributed by atoms with Crippen molar-refractivity contribution in [3.63, 3.8) is 0 Å². The average molecular weight is 353 g/mol. The number of benzene rings is 1. The minimum atomic E-state index is -0.857. The number of amides is 2. The number of para-hydroxylation sites is 1. The molecule has 0 aliphatic heterocycles. The van der Waals surface area contributed by atoms with E-state index in [0.717, 1.165) is 31.4 Å². The Bertz CT molecular complexity index is 629. The fourth-order valence-corrected chi connectivity index (χ4v) is 3.30. The minimum absolute atomic E-state index is 0.184. The maximum absolute atomic E-state index is 13.6. The van der Waals surface area contributed by atoms with Gasteiger partial charge in [0, 0.05) is 12.1 Å². The third-order valence-electron chi connectivity index (χ3n) is 4.81. The summed E-state index contributed by atoms with van der Waals surface area (Å²) in [5.41, 5.74) is 5.16. The molecule has 138 valence electrons. The highest BCUT2D eigenvalue weighted by molar-refractivity contribution is 5.95. The van der Waals surface area contributed by atoms with Crippen LogP contribution in [0.15, 0.2) is 18.2 Å². The van der Waals surface area contributed by atoms with E-state index in [1.807, 2.05) is 6.92 Å². The van der Waals surface area contributed by atoms with Gasteiger partial charge in [-0.15, -0.1) is 0 Å². The largest absolute Gasteiger partial charge is 0.333 e. The standard InChI is InChI=1S/C18H25F2N3O2/c1-3-23(17(25)12-7-4-5-10-18(12,2)21)11-15(24)22-16-13(19)8-6-9-14(16)20/h6,8-9,12H,3-5,7,10-11,21H2,1-2H3,(H,22,24). The number of nitrogens with one attached hydrogen (secondary N) is 1. The lowest BCUT2D eigenvalue weighted by Gasteiger charge is -2.39. The first-order valence-electron chi connectivity index (χ1n) is 8.57. The number of carbonyl (C=O) groups excluding carboxylic acids is 2. The number of anilines is 1. The van der Waals surface area contributed by atoms with Gasteiger partial charge < -0.3 is 16.0 Å². The van der Waals surface area contributed by atoms with Crippen molar-refractivity contribution in [1.29, 1.82) is 0 Å². The van der Waals surface area contributed by atoms with Crippen LogP contribution in [0.1, 0.15) is 39.5 Å². The lowest BCUT2D eigenvalue weighted by molar-refractivity contribution is -0.141. The van der Waals surface area contributed by atoms with Gasteiger partial charge in [0.15, 0.2) is 0 Å². The van der Waals surface area contributed by atoms with Gasteiger partial charge in [0.05, 0.1) is 12.5 Å². The van der Waals surface area contributed by atoms with Crippen molar-refractivity contribution < 1.29 is 18.4 Å². The van der Waals surface area contributed by atoms with Gasteiger partial charge in [0.1, 0.15) is 17.3 Å². The first-order chi connectivity index (χ1) is 11.8. The molecule has 2 atom stereocenters. The van der Waals surface area contributed by atoms with Crippen LogP contribution >= 0.6 is 0 Å². The first-order valence-corrected chi connectivity index (χ1v) is 8.57. The van der Waals surface area contributed by atoms with Crippen molar-refractivity contribution in [3.05, 3.63) is 29.8 Å². The molecule has 2 unspecified atom stereocenters. The molecule has 1 aromatic carbocycles. The van der Waals surface area contributed by atoms with E-state index in [0.29, 0.717) is 13.0 Å². The first kappa shape index (κ1) is 19.3. The Hall–Kier alpha value is -2.02. The molecule has 3 N–H and O–H groups in total. The number of hydrogen-bond donors (Lipinski definition) is 2. The smallest absolute Gasteiger partial charge is 0.244 e. The molecule has 0 bridgehead atoms. The molecule has 1 saturated carbocycles. The number of halogens is 2. The topological polar surface area (TPSA) is 75.4 Å². The highest BCUT2D eigenvalue weighted by Gasteiger charge is 2.39. The SMILES string of the molecule is CCN(CC(=O)Nc1c(F)cccc1F)C(=O)C1CCCCC1(C)N. The van der Waals surface area contributed by atoms with E-state index >= 15 is 0 Å².